The lowest BCUT2D eigenvalue weighted by molar-refractivity contribution is -0.117. The summed E-state index contributed by atoms with van der Waals surface area (Å²) in [6, 6.07) is 12.7. The third kappa shape index (κ3) is 9.71. The summed E-state index contributed by atoms with van der Waals surface area (Å²) in [6.45, 7) is 1.08. The third-order valence-corrected chi connectivity index (χ3v) is 8.09. The van der Waals surface area contributed by atoms with Crippen molar-refractivity contribution in [2.24, 2.45) is 11.8 Å². The van der Waals surface area contributed by atoms with Crippen LogP contribution >= 0.6 is 11.6 Å². The minimum absolute atomic E-state index is 0.00538. The smallest absolute Gasteiger partial charge is 0.406 e. The first-order valence-electron chi connectivity index (χ1n) is 15.0. The van der Waals surface area contributed by atoms with Gasteiger partial charge in [-0.25, -0.2) is 4.79 Å². The average molecular weight is 599 g/mol. The van der Waals surface area contributed by atoms with E-state index in [0.29, 0.717) is 34.3 Å². The molecule has 2 saturated carbocycles. The molecule has 4 N–H and O–H groups in total. The summed E-state index contributed by atoms with van der Waals surface area (Å²) in [4.78, 5) is 38.0. The van der Waals surface area contributed by atoms with Crippen molar-refractivity contribution < 1.29 is 23.9 Å². The number of methoxy groups -OCH3 is 1. The highest BCUT2D eigenvalue weighted by molar-refractivity contribution is 6.30. The molecule has 0 saturated heterocycles. The van der Waals surface area contributed by atoms with Crippen LogP contribution in [0.3, 0.4) is 0 Å². The van der Waals surface area contributed by atoms with Gasteiger partial charge in [0.25, 0.3) is 5.91 Å². The summed E-state index contributed by atoms with van der Waals surface area (Å²) < 4.78 is 10.9. The van der Waals surface area contributed by atoms with E-state index in [1.165, 1.54) is 39.2 Å². The van der Waals surface area contributed by atoms with Crippen molar-refractivity contribution in [3.8, 4) is 0 Å². The number of hydrogen-bond acceptors (Lipinski definition) is 6. The molecule has 0 radical (unpaired) electrons. The van der Waals surface area contributed by atoms with Gasteiger partial charge in [-0.05, 0) is 73.7 Å². The van der Waals surface area contributed by atoms with Gasteiger partial charge in [-0.15, -0.1) is 0 Å². The molecular weight excluding hydrogens is 556 g/mol. The zero-order chi connectivity index (χ0) is 29.9. The summed E-state index contributed by atoms with van der Waals surface area (Å²) in [5.74, 6) is 0.362. The van der Waals surface area contributed by atoms with E-state index in [2.05, 4.69) is 26.0 Å². The maximum atomic E-state index is 13.7. The van der Waals surface area contributed by atoms with Crippen LogP contribution in [0.15, 0.2) is 42.5 Å². The molecule has 0 bridgehead atoms. The highest BCUT2D eigenvalue weighted by Gasteiger charge is 2.30. The highest BCUT2D eigenvalue weighted by atomic mass is 35.5. The second-order valence-electron chi connectivity index (χ2n) is 11.3. The number of halogens is 1. The van der Waals surface area contributed by atoms with Gasteiger partial charge in [0.1, 0.15) is 6.10 Å². The minimum atomic E-state index is -0.609. The highest BCUT2D eigenvalue weighted by Crippen LogP contribution is 2.33. The van der Waals surface area contributed by atoms with E-state index in [1.807, 2.05) is 31.3 Å². The van der Waals surface area contributed by atoms with Crippen LogP contribution in [-0.2, 0) is 14.3 Å². The molecule has 0 aromatic heterocycles. The van der Waals surface area contributed by atoms with Crippen molar-refractivity contribution in [2.75, 3.05) is 39.2 Å². The standard InChI is InChI=1S/C32H43ClN4O5/c1-34-20-28(15-21-7-4-3-5-8-21)37-31(39)25-16-24(18-27(19-25)36-30(38)22-11-12-22)29(23-9-6-10-26(33)17-23)42-14-13-35-32(40)41-2/h6,9-10,16-19,21-22,28-29,34H,3-5,7-8,11-15,20H2,1-2H3,(H,35,40)(H,36,38)(H,37,39). The van der Waals surface area contributed by atoms with E-state index in [9.17, 15) is 14.4 Å². The predicted molar refractivity (Wildman–Crippen MR) is 164 cm³/mol. The number of rotatable bonds is 14. The fraction of sp³-hybridized carbons (Fsp3) is 0.531. The molecule has 9 nitrogen and oxygen atoms in total. The van der Waals surface area contributed by atoms with Crippen LogP contribution in [0.25, 0.3) is 0 Å². The number of likely N-dealkylation sites (N-methyl/N-ethyl adjacent to an activating group) is 1. The van der Waals surface area contributed by atoms with E-state index in [4.69, 9.17) is 16.3 Å². The van der Waals surface area contributed by atoms with E-state index in [1.54, 1.807) is 18.2 Å². The number of ether oxygens (including phenoxy) is 2. The second kappa shape index (κ2) is 15.9. The van der Waals surface area contributed by atoms with Crippen LogP contribution < -0.4 is 21.3 Å². The lowest BCUT2D eigenvalue weighted by Gasteiger charge is -2.27. The van der Waals surface area contributed by atoms with Gasteiger partial charge in [-0.3, -0.25) is 9.59 Å². The first kappa shape index (κ1) is 31.8. The summed E-state index contributed by atoms with van der Waals surface area (Å²) in [6.07, 6.45) is 7.69. The molecule has 2 aromatic carbocycles. The van der Waals surface area contributed by atoms with E-state index in [0.717, 1.165) is 24.8 Å². The molecule has 2 aliphatic carbocycles. The van der Waals surface area contributed by atoms with E-state index in [-0.39, 0.29) is 36.9 Å². The van der Waals surface area contributed by atoms with Crippen LogP contribution in [0.5, 0.6) is 0 Å². The average Bonchev–Trinajstić information content (AvgIpc) is 3.83. The summed E-state index contributed by atoms with van der Waals surface area (Å²) in [5, 5.41) is 12.6. The summed E-state index contributed by atoms with van der Waals surface area (Å²) in [7, 11) is 3.20. The van der Waals surface area contributed by atoms with Gasteiger partial charge in [0.15, 0.2) is 0 Å². The number of hydrogen-bond donors (Lipinski definition) is 4. The van der Waals surface area contributed by atoms with Crippen molar-refractivity contribution in [2.45, 2.75) is 63.5 Å². The Morgan fingerprint density at radius 1 is 1.00 bits per heavy atom. The molecule has 4 rings (SSSR count). The Bertz CT molecular complexity index is 1220. The van der Waals surface area contributed by atoms with E-state index < -0.39 is 12.2 Å². The molecule has 10 heteroatoms. The monoisotopic (exact) mass is 598 g/mol. The van der Waals surface area contributed by atoms with Gasteiger partial charge in [0.2, 0.25) is 5.91 Å². The first-order chi connectivity index (χ1) is 20.4. The lowest BCUT2D eigenvalue weighted by Crippen LogP contribution is -2.42. The zero-order valence-electron chi connectivity index (χ0n) is 24.5. The number of carbonyl (C=O) groups is 3. The maximum Gasteiger partial charge on any atom is 0.406 e. The number of anilines is 1. The van der Waals surface area contributed by atoms with Crippen LogP contribution in [0, 0.1) is 11.8 Å². The Labute approximate surface area is 253 Å². The molecule has 2 aliphatic rings. The van der Waals surface area contributed by atoms with Crippen molar-refractivity contribution in [3.05, 3.63) is 64.2 Å². The Hall–Kier alpha value is -3.14. The van der Waals surface area contributed by atoms with Gasteiger partial charge in [-0.1, -0.05) is 55.8 Å². The largest absolute Gasteiger partial charge is 0.453 e. The Balaban J connectivity index is 1.61. The number of carbonyl (C=O) groups excluding carboxylic acids is 3. The summed E-state index contributed by atoms with van der Waals surface area (Å²) in [5.41, 5.74) is 2.44. The third-order valence-electron chi connectivity index (χ3n) is 7.86. The van der Waals surface area contributed by atoms with Crippen molar-refractivity contribution in [1.29, 1.82) is 0 Å². The maximum absolute atomic E-state index is 13.7. The van der Waals surface area contributed by atoms with Crippen molar-refractivity contribution in [1.82, 2.24) is 16.0 Å². The predicted octanol–water partition coefficient (Wildman–Crippen LogP) is 5.44. The molecule has 2 atom stereocenters. The Morgan fingerprint density at radius 3 is 2.48 bits per heavy atom. The number of benzene rings is 2. The molecule has 3 amide bonds. The number of alkyl carbamates (subject to hydrolysis) is 1. The van der Waals surface area contributed by atoms with Gasteiger partial charge in [0.05, 0.1) is 13.7 Å². The molecule has 0 heterocycles. The molecule has 0 aliphatic heterocycles. The van der Waals surface area contributed by atoms with Crippen LogP contribution in [0.2, 0.25) is 5.02 Å². The normalized spacial score (nSPS) is 16.7. The molecule has 2 unspecified atom stereocenters. The fourth-order valence-electron chi connectivity index (χ4n) is 5.59. The molecule has 228 valence electrons. The van der Waals surface area contributed by atoms with Gasteiger partial charge < -0.3 is 30.7 Å². The SMILES string of the molecule is CNCC(CC1CCCCC1)NC(=O)c1cc(NC(=O)C2CC2)cc(C(OCCNC(=O)OC)c2cccc(Cl)c2)c1. The molecule has 0 spiro atoms. The molecule has 2 fully saturated rings. The fourth-order valence-corrected chi connectivity index (χ4v) is 5.79. The second-order valence-corrected chi connectivity index (χ2v) is 11.7. The quantitative estimate of drug-likeness (QED) is 0.215. The van der Waals surface area contributed by atoms with Crippen molar-refractivity contribution >= 4 is 35.2 Å². The zero-order valence-corrected chi connectivity index (χ0v) is 25.3. The van der Waals surface area contributed by atoms with Gasteiger partial charge >= 0.3 is 6.09 Å². The van der Waals surface area contributed by atoms with Crippen LogP contribution in [0.1, 0.15) is 79.0 Å². The van der Waals surface area contributed by atoms with Crippen LogP contribution in [-0.4, -0.2) is 57.8 Å². The first-order valence-corrected chi connectivity index (χ1v) is 15.3. The minimum Gasteiger partial charge on any atom is -0.453 e. The molecular formula is C32H43ClN4O5. The number of amides is 3. The number of nitrogens with one attached hydrogen (secondary N) is 4. The topological polar surface area (TPSA) is 118 Å². The summed E-state index contributed by atoms with van der Waals surface area (Å²) >= 11 is 6.33. The molecule has 2 aromatic rings. The van der Waals surface area contributed by atoms with Crippen LogP contribution in [0.4, 0.5) is 10.5 Å². The molecule has 42 heavy (non-hydrogen) atoms. The van der Waals surface area contributed by atoms with Crippen molar-refractivity contribution in [3.63, 3.8) is 0 Å². The van der Waals surface area contributed by atoms with Gasteiger partial charge in [0, 0.05) is 41.3 Å². The lowest BCUT2D eigenvalue weighted by atomic mass is 9.84. The van der Waals surface area contributed by atoms with Gasteiger partial charge in [-0.2, -0.15) is 0 Å². The Morgan fingerprint density at radius 2 is 1.79 bits per heavy atom. The Kier molecular flexibility index (Phi) is 12.0. The van der Waals surface area contributed by atoms with E-state index >= 15 is 0 Å².